The van der Waals surface area contributed by atoms with Crippen LogP contribution in [0.2, 0.25) is 0 Å². The van der Waals surface area contributed by atoms with E-state index < -0.39 is 15.9 Å². The van der Waals surface area contributed by atoms with Crippen molar-refractivity contribution in [3.8, 4) is 0 Å². The fourth-order valence-electron chi connectivity index (χ4n) is 4.05. The number of carbonyl (C=O) groups is 1. The molecule has 3 aromatic rings. The molecule has 3 aromatic carbocycles. The maximum Gasteiger partial charge on any atom is 0.270 e. The molecule has 1 aliphatic rings. The first-order valence-corrected chi connectivity index (χ1v) is 12.2. The number of fused-ring (bicyclic) bond motifs is 1. The van der Waals surface area contributed by atoms with Gasteiger partial charge >= 0.3 is 0 Å². The molecule has 0 bridgehead atoms. The first-order valence-electron chi connectivity index (χ1n) is 10.8. The summed E-state index contributed by atoms with van der Waals surface area (Å²) in [7, 11) is -4.12. The lowest BCUT2D eigenvalue weighted by Gasteiger charge is -2.33. The van der Waals surface area contributed by atoms with E-state index in [4.69, 9.17) is 0 Å². The van der Waals surface area contributed by atoms with Crippen LogP contribution in [0.3, 0.4) is 0 Å². The SMILES string of the molecule is C=CCN1c2ccccc2C(c2ccccc2)=C(C(=O)NC[C@@H](C)c2ccccc2)S1(=O)=O. The fourth-order valence-corrected chi connectivity index (χ4v) is 5.79. The molecule has 0 unspecified atom stereocenters. The number of para-hydroxylation sites is 1. The van der Waals surface area contributed by atoms with Crippen LogP contribution in [-0.2, 0) is 14.8 Å². The predicted molar refractivity (Wildman–Crippen MR) is 133 cm³/mol. The number of rotatable bonds is 7. The minimum Gasteiger partial charge on any atom is -0.351 e. The van der Waals surface area contributed by atoms with Gasteiger partial charge in [-0.2, -0.15) is 0 Å². The molecule has 5 nitrogen and oxygen atoms in total. The summed E-state index contributed by atoms with van der Waals surface area (Å²) in [6.45, 7) is 6.09. The van der Waals surface area contributed by atoms with Gasteiger partial charge in [-0.3, -0.25) is 9.10 Å². The monoisotopic (exact) mass is 458 g/mol. The highest BCUT2D eigenvalue weighted by atomic mass is 32.2. The summed E-state index contributed by atoms with van der Waals surface area (Å²) in [6, 6.07) is 26.2. The second-order valence-corrected chi connectivity index (χ2v) is 9.73. The average molecular weight is 459 g/mol. The van der Waals surface area contributed by atoms with Crippen molar-refractivity contribution in [1.29, 1.82) is 0 Å². The number of anilines is 1. The lowest BCUT2D eigenvalue weighted by molar-refractivity contribution is -0.116. The van der Waals surface area contributed by atoms with E-state index in [9.17, 15) is 13.2 Å². The molecule has 0 aromatic heterocycles. The molecule has 1 heterocycles. The van der Waals surface area contributed by atoms with Gasteiger partial charge < -0.3 is 5.32 Å². The summed E-state index contributed by atoms with van der Waals surface area (Å²) < 4.78 is 28.8. The Bertz CT molecular complexity index is 1300. The van der Waals surface area contributed by atoms with Gasteiger partial charge in [0, 0.05) is 17.7 Å². The summed E-state index contributed by atoms with van der Waals surface area (Å²) in [5, 5.41) is 2.87. The van der Waals surface area contributed by atoms with Crippen molar-refractivity contribution in [2.24, 2.45) is 0 Å². The zero-order valence-electron chi connectivity index (χ0n) is 18.4. The van der Waals surface area contributed by atoms with Crippen LogP contribution in [0.25, 0.3) is 5.57 Å². The summed E-state index contributed by atoms with van der Waals surface area (Å²) >= 11 is 0. The Kier molecular flexibility index (Phi) is 6.47. The van der Waals surface area contributed by atoms with Crippen molar-refractivity contribution in [2.45, 2.75) is 12.8 Å². The van der Waals surface area contributed by atoms with Gasteiger partial charge in [-0.15, -0.1) is 6.58 Å². The second-order valence-electron chi connectivity index (χ2n) is 7.93. The van der Waals surface area contributed by atoms with Crippen LogP contribution >= 0.6 is 0 Å². The van der Waals surface area contributed by atoms with E-state index in [1.807, 2.05) is 79.7 Å². The molecule has 1 aliphatic heterocycles. The lowest BCUT2D eigenvalue weighted by Crippen LogP contribution is -2.42. The zero-order chi connectivity index (χ0) is 23.4. The Morgan fingerprint density at radius 3 is 2.24 bits per heavy atom. The number of carbonyl (C=O) groups excluding carboxylic acids is 1. The molecule has 6 heteroatoms. The molecule has 0 saturated carbocycles. The summed E-state index contributed by atoms with van der Waals surface area (Å²) in [6.07, 6.45) is 1.52. The van der Waals surface area contributed by atoms with Crippen LogP contribution in [0.4, 0.5) is 5.69 Å². The molecular weight excluding hydrogens is 432 g/mol. The van der Waals surface area contributed by atoms with Gasteiger partial charge in [-0.1, -0.05) is 91.9 Å². The number of hydrogen-bond acceptors (Lipinski definition) is 3. The third-order valence-electron chi connectivity index (χ3n) is 5.72. The molecule has 4 rings (SSSR count). The Labute approximate surface area is 195 Å². The summed E-state index contributed by atoms with van der Waals surface area (Å²) in [5.74, 6) is -0.584. The fraction of sp³-hybridized carbons (Fsp3) is 0.148. The normalized spacial score (nSPS) is 15.5. The van der Waals surface area contributed by atoms with Crippen LogP contribution in [0.5, 0.6) is 0 Å². The maximum absolute atomic E-state index is 13.8. The van der Waals surface area contributed by atoms with Gasteiger partial charge in [-0.05, 0) is 23.1 Å². The minimum absolute atomic E-state index is 0.0267. The van der Waals surface area contributed by atoms with Crippen molar-refractivity contribution in [1.82, 2.24) is 5.32 Å². The van der Waals surface area contributed by atoms with Crippen LogP contribution < -0.4 is 9.62 Å². The van der Waals surface area contributed by atoms with E-state index in [-0.39, 0.29) is 17.4 Å². The Hall–Kier alpha value is -3.64. The highest BCUT2D eigenvalue weighted by molar-refractivity contribution is 7.97. The quantitative estimate of drug-likeness (QED) is 0.522. The van der Waals surface area contributed by atoms with Gasteiger partial charge in [-0.25, -0.2) is 8.42 Å². The third kappa shape index (κ3) is 4.34. The maximum atomic E-state index is 13.8. The molecule has 0 saturated heterocycles. The molecule has 0 fully saturated rings. The lowest BCUT2D eigenvalue weighted by atomic mass is 9.95. The summed E-state index contributed by atoms with van der Waals surface area (Å²) in [4.78, 5) is 13.3. The molecule has 0 radical (unpaired) electrons. The number of amides is 1. The Morgan fingerprint density at radius 2 is 1.58 bits per heavy atom. The van der Waals surface area contributed by atoms with Crippen LogP contribution in [0.1, 0.15) is 29.5 Å². The van der Waals surface area contributed by atoms with Gasteiger partial charge in [0.15, 0.2) is 4.91 Å². The molecule has 0 spiro atoms. The first kappa shape index (κ1) is 22.6. The van der Waals surface area contributed by atoms with Crippen molar-refractivity contribution in [3.05, 3.63) is 119 Å². The first-order chi connectivity index (χ1) is 15.9. The van der Waals surface area contributed by atoms with E-state index in [2.05, 4.69) is 11.9 Å². The predicted octanol–water partition coefficient (Wildman–Crippen LogP) is 4.70. The molecule has 1 amide bonds. The minimum atomic E-state index is -4.12. The highest BCUT2D eigenvalue weighted by Crippen LogP contribution is 2.42. The van der Waals surface area contributed by atoms with E-state index in [0.29, 0.717) is 28.9 Å². The number of sulfonamides is 1. The number of nitrogens with zero attached hydrogens (tertiary/aromatic N) is 1. The molecule has 33 heavy (non-hydrogen) atoms. The van der Waals surface area contributed by atoms with Crippen LogP contribution in [-0.4, -0.2) is 27.4 Å². The smallest absolute Gasteiger partial charge is 0.270 e. The molecule has 1 atom stereocenters. The summed E-state index contributed by atoms with van der Waals surface area (Å²) in [5.41, 5.74) is 3.39. The van der Waals surface area contributed by atoms with Gasteiger partial charge in [0.1, 0.15) is 0 Å². The van der Waals surface area contributed by atoms with Crippen LogP contribution in [0.15, 0.2) is 102 Å². The Morgan fingerprint density at radius 1 is 0.970 bits per heavy atom. The number of hydrogen-bond donors (Lipinski definition) is 1. The largest absolute Gasteiger partial charge is 0.351 e. The van der Waals surface area contributed by atoms with Crippen molar-refractivity contribution < 1.29 is 13.2 Å². The molecular formula is C27H26N2O3S. The van der Waals surface area contributed by atoms with Gasteiger partial charge in [0.05, 0.1) is 12.2 Å². The van der Waals surface area contributed by atoms with Gasteiger partial charge in [0.2, 0.25) is 0 Å². The van der Waals surface area contributed by atoms with E-state index in [0.717, 1.165) is 5.56 Å². The van der Waals surface area contributed by atoms with E-state index in [1.54, 1.807) is 12.1 Å². The van der Waals surface area contributed by atoms with Crippen molar-refractivity contribution >= 4 is 27.2 Å². The molecule has 168 valence electrons. The van der Waals surface area contributed by atoms with Crippen LogP contribution in [0, 0.1) is 0 Å². The van der Waals surface area contributed by atoms with E-state index in [1.165, 1.54) is 10.4 Å². The second kappa shape index (κ2) is 9.46. The molecule has 0 aliphatic carbocycles. The standard InChI is InChI=1S/C27H26N2O3S/c1-3-18-29-24-17-11-10-16-23(24)25(22-14-8-5-9-15-22)26(33(29,31)32)27(30)28-19-20(2)21-12-6-4-7-13-21/h3-17,20H,1,18-19H2,2H3,(H,28,30)/t20-/m1/s1. The molecule has 1 N–H and O–H groups in total. The third-order valence-corrected chi connectivity index (χ3v) is 7.55. The van der Waals surface area contributed by atoms with Gasteiger partial charge in [0.25, 0.3) is 15.9 Å². The average Bonchev–Trinajstić information content (AvgIpc) is 2.84. The number of nitrogens with one attached hydrogen (secondary N) is 1. The van der Waals surface area contributed by atoms with E-state index >= 15 is 0 Å². The number of benzene rings is 3. The Balaban J connectivity index is 1.82. The highest BCUT2D eigenvalue weighted by Gasteiger charge is 2.40. The topological polar surface area (TPSA) is 66.5 Å². The van der Waals surface area contributed by atoms with Crippen molar-refractivity contribution in [3.63, 3.8) is 0 Å². The zero-order valence-corrected chi connectivity index (χ0v) is 19.3. The van der Waals surface area contributed by atoms with Crippen molar-refractivity contribution in [2.75, 3.05) is 17.4 Å².